The normalized spacial score (nSPS) is 11.7. The van der Waals surface area contributed by atoms with Gasteiger partial charge in [0.1, 0.15) is 11.5 Å². The maximum absolute atomic E-state index is 9.72. The highest BCUT2D eigenvalue weighted by molar-refractivity contribution is 5.39. The molecule has 2 aromatic rings. The second-order valence-electron chi connectivity index (χ2n) is 10.8. The summed E-state index contributed by atoms with van der Waals surface area (Å²) in [6, 6.07) is 13.5. The highest BCUT2D eigenvalue weighted by atomic mass is 16.3. The molecule has 2 heteroatoms. The lowest BCUT2D eigenvalue weighted by atomic mass is 9.80. The van der Waals surface area contributed by atoms with Gasteiger partial charge < -0.3 is 10.2 Å². The van der Waals surface area contributed by atoms with E-state index >= 15 is 0 Å². The minimum absolute atomic E-state index is 0.0821. The van der Waals surface area contributed by atoms with Crippen molar-refractivity contribution in [1.29, 1.82) is 0 Å². The van der Waals surface area contributed by atoms with E-state index in [-0.39, 0.29) is 10.8 Å². The van der Waals surface area contributed by atoms with E-state index in [0.717, 1.165) is 6.42 Å². The number of aryl methyl sites for hydroxylation is 1. The fraction of sp³-hybridized carbons (Fsp3) is 0.586. The molecule has 0 fully saturated rings. The van der Waals surface area contributed by atoms with Gasteiger partial charge in [-0.05, 0) is 64.6 Å². The molecule has 0 heterocycles. The lowest BCUT2D eigenvalue weighted by Gasteiger charge is -2.25. The number of phenols is 2. The Hall–Kier alpha value is -1.96. The summed E-state index contributed by atoms with van der Waals surface area (Å²) < 4.78 is 0. The van der Waals surface area contributed by atoms with Crippen LogP contribution in [0.3, 0.4) is 0 Å². The van der Waals surface area contributed by atoms with Crippen LogP contribution in [-0.4, -0.2) is 10.2 Å². The zero-order valence-electron chi connectivity index (χ0n) is 21.1. The smallest absolute Gasteiger partial charge is 0.116 e. The lowest BCUT2D eigenvalue weighted by molar-refractivity contribution is 0.465. The van der Waals surface area contributed by atoms with E-state index in [1.807, 2.05) is 24.3 Å². The van der Waals surface area contributed by atoms with Gasteiger partial charge >= 0.3 is 0 Å². The predicted molar refractivity (Wildman–Crippen MR) is 135 cm³/mol. The molecule has 0 aliphatic rings. The van der Waals surface area contributed by atoms with Gasteiger partial charge in [-0.15, -0.1) is 0 Å². The number of phenolic OH excluding ortho intramolecular Hbond substituents is 2. The van der Waals surface area contributed by atoms with Gasteiger partial charge in [-0.1, -0.05) is 105 Å². The average molecular weight is 427 g/mol. The average Bonchev–Trinajstić information content (AvgIpc) is 2.67. The fourth-order valence-electron chi connectivity index (χ4n) is 3.43. The quantitative estimate of drug-likeness (QED) is 0.414. The van der Waals surface area contributed by atoms with E-state index < -0.39 is 0 Å². The standard InChI is InChI=1S/C15H24O.C14H22O/c1-2-3-4-5-6-7-8-9-14-10-12-15(16)13-11-14;1-13(2,3)10-7-11(14(4,5)6)9-12(15)8-10/h10-13,16H,2-9H2,1H3;7-9,15H,1-6H3. The molecule has 2 aromatic carbocycles. The highest BCUT2D eigenvalue weighted by Gasteiger charge is 2.20. The highest BCUT2D eigenvalue weighted by Crippen LogP contribution is 2.32. The molecule has 0 aromatic heterocycles. The molecule has 2 N–H and O–H groups in total. The number of benzene rings is 2. The van der Waals surface area contributed by atoms with Gasteiger partial charge in [-0.2, -0.15) is 0 Å². The van der Waals surface area contributed by atoms with Gasteiger partial charge in [0.15, 0.2) is 0 Å². The van der Waals surface area contributed by atoms with E-state index in [0.29, 0.717) is 11.5 Å². The Kier molecular flexibility index (Phi) is 11.2. The summed E-state index contributed by atoms with van der Waals surface area (Å²) in [5, 5.41) is 18.9. The largest absolute Gasteiger partial charge is 0.508 e. The third kappa shape index (κ3) is 11.3. The van der Waals surface area contributed by atoms with Crippen molar-refractivity contribution in [3.05, 3.63) is 59.2 Å². The molecule has 0 spiro atoms. The summed E-state index contributed by atoms with van der Waals surface area (Å²) in [7, 11) is 0. The Morgan fingerprint density at radius 2 is 1.03 bits per heavy atom. The Balaban J connectivity index is 0.000000311. The first-order valence-electron chi connectivity index (χ1n) is 12.1. The van der Waals surface area contributed by atoms with Crippen LogP contribution < -0.4 is 0 Å². The van der Waals surface area contributed by atoms with E-state index in [2.05, 4.69) is 54.5 Å². The second-order valence-corrected chi connectivity index (χ2v) is 10.8. The number of aromatic hydroxyl groups is 2. The molecule has 0 aliphatic carbocycles. The summed E-state index contributed by atoms with van der Waals surface area (Å²) in [6.07, 6.45) is 10.6. The van der Waals surface area contributed by atoms with Crippen LogP contribution in [0, 0.1) is 0 Å². The van der Waals surface area contributed by atoms with Crippen LogP contribution in [0.15, 0.2) is 42.5 Å². The molecule has 174 valence electrons. The monoisotopic (exact) mass is 426 g/mol. The molecule has 0 unspecified atom stereocenters. The van der Waals surface area contributed by atoms with Gasteiger partial charge in [-0.3, -0.25) is 0 Å². The van der Waals surface area contributed by atoms with Gasteiger partial charge in [0.2, 0.25) is 0 Å². The van der Waals surface area contributed by atoms with Crippen LogP contribution in [0.5, 0.6) is 11.5 Å². The first-order chi connectivity index (χ1) is 14.4. The minimum atomic E-state index is 0.0821. The molecule has 0 saturated carbocycles. The number of hydrogen-bond donors (Lipinski definition) is 2. The third-order valence-electron chi connectivity index (χ3n) is 5.66. The zero-order valence-corrected chi connectivity index (χ0v) is 21.1. The van der Waals surface area contributed by atoms with Crippen LogP contribution in [-0.2, 0) is 17.3 Å². The van der Waals surface area contributed by atoms with Crippen molar-refractivity contribution in [2.45, 2.75) is 111 Å². The Labute approximate surface area is 191 Å². The van der Waals surface area contributed by atoms with Crippen molar-refractivity contribution in [3.8, 4) is 11.5 Å². The summed E-state index contributed by atoms with van der Waals surface area (Å²) in [5.74, 6) is 0.732. The molecule has 0 saturated heterocycles. The molecule has 0 aliphatic heterocycles. The van der Waals surface area contributed by atoms with E-state index in [9.17, 15) is 5.11 Å². The zero-order chi connectivity index (χ0) is 23.5. The molecule has 2 rings (SSSR count). The molecule has 0 bridgehead atoms. The number of unbranched alkanes of at least 4 members (excludes halogenated alkanes) is 6. The topological polar surface area (TPSA) is 40.5 Å². The predicted octanol–water partition coefficient (Wildman–Crippen LogP) is 8.67. The maximum atomic E-state index is 9.72. The molecular weight excluding hydrogens is 380 g/mol. The maximum Gasteiger partial charge on any atom is 0.116 e. The first kappa shape index (κ1) is 27.1. The molecule has 0 atom stereocenters. The number of hydrogen-bond acceptors (Lipinski definition) is 2. The molecule has 0 amide bonds. The fourth-order valence-corrected chi connectivity index (χ4v) is 3.43. The van der Waals surface area contributed by atoms with E-state index in [1.165, 1.54) is 61.6 Å². The van der Waals surface area contributed by atoms with E-state index in [1.54, 1.807) is 12.1 Å². The van der Waals surface area contributed by atoms with Crippen molar-refractivity contribution < 1.29 is 10.2 Å². The van der Waals surface area contributed by atoms with Crippen LogP contribution in [0.25, 0.3) is 0 Å². The first-order valence-corrected chi connectivity index (χ1v) is 12.1. The Bertz CT molecular complexity index is 714. The molecular formula is C29H46O2. The van der Waals surface area contributed by atoms with Crippen LogP contribution in [0.4, 0.5) is 0 Å². The van der Waals surface area contributed by atoms with E-state index in [4.69, 9.17) is 5.11 Å². The minimum Gasteiger partial charge on any atom is -0.508 e. The second kappa shape index (κ2) is 12.8. The van der Waals surface area contributed by atoms with Crippen molar-refractivity contribution in [2.75, 3.05) is 0 Å². The van der Waals surface area contributed by atoms with Gasteiger partial charge in [-0.25, -0.2) is 0 Å². The van der Waals surface area contributed by atoms with Gasteiger partial charge in [0, 0.05) is 0 Å². The molecule has 2 nitrogen and oxygen atoms in total. The SMILES string of the molecule is CC(C)(C)c1cc(O)cc(C(C)(C)C)c1.CCCCCCCCCc1ccc(O)cc1. The van der Waals surface area contributed by atoms with Crippen molar-refractivity contribution in [1.82, 2.24) is 0 Å². The number of rotatable bonds is 8. The third-order valence-corrected chi connectivity index (χ3v) is 5.66. The molecule has 0 radical (unpaired) electrons. The summed E-state index contributed by atoms with van der Waals surface area (Å²) in [4.78, 5) is 0. The van der Waals surface area contributed by atoms with Crippen LogP contribution in [0.1, 0.15) is 110 Å². The Morgan fingerprint density at radius 1 is 0.581 bits per heavy atom. The summed E-state index contributed by atoms with van der Waals surface area (Å²) in [5.41, 5.74) is 3.88. The van der Waals surface area contributed by atoms with Gasteiger partial charge in [0.05, 0.1) is 0 Å². The van der Waals surface area contributed by atoms with Crippen molar-refractivity contribution in [3.63, 3.8) is 0 Å². The summed E-state index contributed by atoms with van der Waals surface area (Å²) in [6.45, 7) is 15.2. The van der Waals surface area contributed by atoms with Crippen molar-refractivity contribution in [2.24, 2.45) is 0 Å². The van der Waals surface area contributed by atoms with Crippen LogP contribution >= 0.6 is 0 Å². The van der Waals surface area contributed by atoms with Gasteiger partial charge in [0.25, 0.3) is 0 Å². The van der Waals surface area contributed by atoms with Crippen molar-refractivity contribution >= 4 is 0 Å². The lowest BCUT2D eigenvalue weighted by Crippen LogP contribution is -2.15. The van der Waals surface area contributed by atoms with Crippen LogP contribution in [0.2, 0.25) is 0 Å². The Morgan fingerprint density at radius 3 is 1.48 bits per heavy atom. The summed E-state index contributed by atoms with van der Waals surface area (Å²) >= 11 is 0. The molecule has 31 heavy (non-hydrogen) atoms.